The summed E-state index contributed by atoms with van der Waals surface area (Å²) in [6.07, 6.45) is 1.55. The van der Waals surface area contributed by atoms with Gasteiger partial charge in [-0.05, 0) is 36.6 Å². The zero-order chi connectivity index (χ0) is 10.8. The van der Waals surface area contributed by atoms with Gasteiger partial charge >= 0.3 is 5.97 Å². The quantitative estimate of drug-likeness (QED) is 0.899. The molecular formula is C11H11BrO3. The lowest BCUT2D eigenvalue weighted by Gasteiger charge is -2.25. The second kappa shape index (κ2) is 4.23. The molecule has 0 fully saturated rings. The number of hydrogen-bond acceptors (Lipinski definition) is 2. The minimum Gasteiger partial charge on any atom is -0.490 e. The molecule has 1 aliphatic heterocycles. The lowest BCUT2D eigenvalue weighted by atomic mass is 10.0. The molecule has 0 saturated heterocycles. The van der Waals surface area contributed by atoms with Gasteiger partial charge in [0.15, 0.2) is 0 Å². The van der Waals surface area contributed by atoms with E-state index in [-0.39, 0.29) is 12.5 Å². The summed E-state index contributed by atoms with van der Waals surface area (Å²) in [7, 11) is 0. The number of aryl methyl sites for hydroxylation is 1. The van der Waals surface area contributed by atoms with Crippen molar-refractivity contribution in [3.05, 3.63) is 28.2 Å². The van der Waals surface area contributed by atoms with Crippen molar-refractivity contribution in [3.8, 4) is 5.75 Å². The van der Waals surface area contributed by atoms with E-state index in [4.69, 9.17) is 9.84 Å². The normalized spacial score (nSPS) is 19.1. The standard InChI is InChI=1S/C11H11BrO3/c12-8-2-4-10-7(5-8)1-3-9(15-10)6-11(13)14/h2,4-5,9H,1,3,6H2,(H,13,14). The highest BCUT2D eigenvalue weighted by Crippen LogP contribution is 2.30. The predicted octanol–water partition coefficient (Wildman–Crippen LogP) is 2.62. The van der Waals surface area contributed by atoms with E-state index in [1.165, 1.54) is 0 Å². The van der Waals surface area contributed by atoms with Gasteiger partial charge in [-0.2, -0.15) is 0 Å². The summed E-state index contributed by atoms with van der Waals surface area (Å²) in [4.78, 5) is 10.5. The SMILES string of the molecule is O=C(O)CC1CCc2cc(Br)ccc2O1. The van der Waals surface area contributed by atoms with E-state index >= 15 is 0 Å². The molecule has 15 heavy (non-hydrogen) atoms. The summed E-state index contributed by atoms with van der Waals surface area (Å²) in [6.45, 7) is 0. The maximum Gasteiger partial charge on any atom is 0.307 e. The van der Waals surface area contributed by atoms with Crippen LogP contribution in [0.4, 0.5) is 0 Å². The number of benzene rings is 1. The van der Waals surface area contributed by atoms with Gasteiger partial charge in [0.1, 0.15) is 11.9 Å². The second-order valence-corrected chi connectivity index (χ2v) is 4.54. The van der Waals surface area contributed by atoms with Crippen LogP contribution in [0.3, 0.4) is 0 Å². The largest absolute Gasteiger partial charge is 0.490 e. The summed E-state index contributed by atoms with van der Waals surface area (Å²) in [5.74, 6) is 0.0104. The number of hydrogen-bond donors (Lipinski definition) is 1. The van der Waals surface area contributed by atoms with Crippen LogP contribution in [-0.4, -0.2) is 17.2 Å². The van der Waals surface area contributed by atoms with Crippen molar-refractivity contribution < 1.29 is 14.6 Å². The number of aliphatic carboxylic acids is 1. The Hall–Kier alpha value is -1.03. The van der Waals surface area contributed by atoms with E-state index in [9.17, 15) is 4.79 Å². The fourth-order valence-corrected chi connectivity index (χ4v) is 2.16. The molecule has 0 bridgehead atoms. The lowest BCUT2D eigenvalue weighted by molar-refractivity contribution is -0.139. The fourth-order valence-electron chi connectivity index (χ4n) is 1.75. The highest BCUT2D eigenvalue weighted by molar-refractivity contribution is 9.10. The minimum absolute atomic E-state index is 0.0789. The van der Waals surface area contributed by atoms with E-state index < -0.39 is 5.97 Å². The van der Waals surface area contributed by atoms with Gasteiger partial charge < -0.3 is 9.84 Å². The van der Waals surface area contributed by atoms with Crippen LogP contribution in [0.15, 0.2) is 22.7 Å². The Bertz CT molecular complexity index is 389. The van der Waals surface area contributed by atoms with Crippen LogP contribution in [0.25, 0.3) is 0 Å². The van der Waals surface area contributed by atoms with Crippen molar-refractivity contribution in [2.45, 2.75) is 25.4 Å². The molecule has 1 heterocycles. The highest BCUT2D eigenvalue weighted by atomic mass is 79.9. The van der Waals surface area contributed by atoms with Gasteiger partial charge in [0, 0.05) is 4.47 Å². The van der Waals surface area contributed by atoms with Crippen LogP contribution in [0.2, 0.25) is 0 Å². The Kier molecular flexibility index (Phi) is 2.95. The Labute approximate surface area is 96.2 Å². The van der Waals surface area contributed by atoms with Gasteiger partial charge in [-0.15, -0.1) is 0 Å². The molecule has 0 spiro atoms. The average molecular weight is 271 g/mol. The zero-order valence-corrected chi connectivity index (χ0v) is 9.66. The summed E-state index contributed by atoms with van der Waals surface area (Å²) < 4.78 is 6.63. The monoisotopic (exact) mass is 270 g/mol. The first-order valence-corrected chi connectivity index (χ1v) is 5.61. The first kappa shape index (κ1) is 10.5. The summed E-state index contributed by atoms with van der Waals surface area (Å²) >= 11 is 3.40. The molecule has 2 rings (SSSR count). The molecule has 1 unspecified atom stereocenters. The topological polar surface area (TPSA) is 46.5 Å². The number of carboxylic acid groups (broad SMARTS) is 1. The number of rotatable bonds is 2. The van der Waals surface area contributed by atoms with Crippen LogP contribution in [0, 0.1) is 0 Å². The Morgan fingerprint density at radius 2 is 2.40 bits per heavy atom. The van der Waals surface area contributed by atoms with Crippen molar-refractivity contribution in [2.24, 2.45) is 0 Å². The zero-order valence-electron chi connectivity index (χ0n) is 8.07. The van der Waals surface area contributed by atoms with Gasteiger partial charge in [-0.1, -0.05) is 15.9 Å². The Morgan fingerprint density at radius 3 is 3.13 bits per heavy atom. The van der Waals surface area contributed by atoms with Crippen LogP contribution in [0.5, 0.6) is 5.75 Å². The molecule has 3 nitrogen and oxygen atoms in total. The highest BCUT2D eigenvalue weighted by Gasteiger charge is 2.21. The van der Waals surface area contributed by atoms with Gasteiger partial charge in [0.25, 0.3) is 0 Å². The minimum atomic E-state index is -0.805. The van der Waals surface area contributed by atoms with Crippen molar-refractivity contribution in [3.63, 3.8) is 0 Å². The first-order chi connectivity index (χ1) is 7.15. The van der Waals surface area contributed by atoms with Crippen molar-refractivity contribution in [1.29, 1.82) is 0 Å². The van der Waals surface area contributed by atoms with Gasteiger partial charge in [-0.3, -0.25) is 4.79 Å². The maximum absolute atomic E-state index is 10.5. The molecule has 0 amide bonds. The lowest BCUT2D eigenvalue weighted by Crippen LogP contribution is -2.25. The molecule has 0 aliphatic carbocycles. The second-order valence-electron chi connectivity index (χ2n) is 3.63. The molecule has 1 aromatic rings. The van der Waals surface area contributed by atoms with Crippen LogP contribution in [-0.2, 0) is 11.2 Å². The fraction of sp³-hybridized carbons (Fsp3) is 0.364. The molecule has 0 aromatic heterocycles. The number of carboxylic acids is 1. The van der Waals surface area contributed by atoms with E-state index in [0.29, 0.717) is 0 Å². The van der Waals surface area contributed by atoms with Crippen LogP contribution in [0.1, 0.15) is 18.4 Å². The van der Waals surface area contributed by atoms with E-state index in [1.807, 2.05) is 18.2 Å². The predicted molar refractivity (Wildman–Crippen MR) is 59.1 cm³/mol. The molecule has 1 N–H and O–H groups in total. The molecule has 80 valence electrons. The molecule has 1 atom stereocenters. The summed E-state index contributed by atoms with van der Waals surface area (Å²) in [6, 6.07) is 5.81. The Morgan fingerprint density at radius 1 is 1.60 bits per heavy atom. The first-order valence-electron chi connectivity index (χ1n) is 4.82. The van der Waals surface area contributed by atoms with Crippen molar-refractivity contribution >= 4 is 21.9 Å². The van der Waals surface area contributed by atoms with Crippen molar-refractivity contribution in [1.82, 2.24) is 0 Å². The van der Waals surface area contributed by atoms with Crippen LogP contribution < -0.4 is 4.74 Å². The van der Waals surface area contributed by atoms with Crippen LogP contribution >= 0.6 is 15.9 Å². The van der Waals surface area contributed by atoms with Crippen molar-refractivity contribution in [2.75, 3.05) is 0 Å². The maximum atomic E-state index is 10.5. The summed E-state index contributed by atoms with van der Waals surface area (Å²) in [5, 5.41) is 8.67. The number of fused-ring (bicyclic) bond motifs is 1. The van der Waals surface area contributed by atoms with E-state index in [2.05, 4.69) is 15.9 Å². The smallest absolute Gasteiger partial charge is 0.307 e. The molecule has 0 radical (unpaired) electrons. The van der Waals surface area contributed by atoms with Gasteiger partial charge in [0.05, 0.1) is 6.42 Å². The molecule has 1 aromatic carbocycles. The number of carbonyl (C=O) groups is 1. The molecule has 0 saturated carbocycles. The van der Waals surface area contributed by atoms with Gasteiger partial charge in [-0.25, -0.2) is 0 Å². The number of halogens is 1. The van der Waals surface area contributed by atoms with E-state index in [0.717, 1.165) is 28.6 Å². The third kappa shape index (κ3) is 2.50. The number of ether oxygens (including phenoxy) is 1. The van der Waals surface area contributed by atoms with E-state index in [1.54, 1.807) is 0 Å². The third-order valence-corrected chi connectivity index (χ3v) is 2.95. The average Bonchev–Trinajstić information content (AvgIpc) is 2.17. The van der Waals surface area contributed by atoms with Gasteiger partial charge in [0.2, 0.25) is 0 Å². The Balaban J connectivity index is 2.13. The summed E-state index contributed by atoms with van der Waals surface area (Å²) in [5.41, 5.74) is 1.14. The third-order valence-electron chi connectivity index (χ3n) is 2.45. The molecule has 1 aliphatic rings. The molecule has 4 heteroatoms. The molecular weight excluding hydrogens is 260 g/mol.